The molecule has 0 saturated carbocycles. The maximum atomic E-state index is 11.0. The number of hydrogen-bond acceptors (Lipinski definition) is 4. The minimum atomic E-state index is -1.03. The van der Waals surface area contributed by atoms with Crippen molar-refractivity contribution < 1.29 is 14.6 Å². The number of nitrogens with zero attached hydrogens (tertiary/aromatic N) is 3. The quantitative estimate of drug-likeness (QED) is 0.804. The van der Waals surface area contributed by atoms with E-state index < -0.39 is 5.97 Å². The number of aryl methyl sites for hydroxylation is 2. The second-order valence-corrected chi connectivity index (χ2v) is 5.12. The molecule has 3 aromatic rings. The zero-order valence-corrected chi connectivity index (χ0v) is 12.5. The standard InChI is InChI=1S/C16H15N3O3/c1-9-5-14(22-3)10(2)4-12(9)13-6-15-17-7-11(16(20)21)8-19(15)18-13/h4-8H,1-3H3,(H,20,21). The molecule has 3 rings (SSSR count). The highest BCUT2D eigenvalue weighted by Gasteiger charge is 2.12. The Balaban J connectivity index is 2.14. The fraction of sp³-hybridized carbons (Fsp3) is 0.188. The van der Waals surface area contributed by atoms with E-state index in [1.165, 1.54) is 16.9 Å². The third-order valence-electron chi connectivity index (χ3n) is 3.58. The number of carboxylic acid groups (broad SMARTS) is 1. The molecule has 0 aliphatic rings. The van der Waals surface area contributed by atoms with Gasteiger partial charge in [-0.15, -0.1) is 0 Å². The van der Waals surface area contributed by atoms with Crippen molar-refractivity contribution in [1.29, 1.82) is 0 Å². The summed E-state index contributed by atoms with van der Waals surface area (Å²) in [5, 5.41) is 13.4. The number of rotatable bonds is 3. The lowest BCUT2D eigenvalue weighted by atomic mass is 10.0. The number of aromatic carboxylic acids is 1. The Morgan fingerprint density at radius 2 is 2.00 bits per heavy atom. The van der Waals surface area contributed by atoms with Crippen molar-refractivity contribution in [1.82, 2.24) is 14.6 Å². The number of ether oxygens (including phenoxy) is 1. The molecule has 6 nitrogen and oxygen atoms in total. The van der Waals surface area contributed by atoms with Gasteiger partial charge >= 0.3 is 5.97 Å². The summed E-state index contributed by atoms with van der Waals surface area (Å²) in [4.78, 5) is 15.1. The molecule has 1 N–H and O–H groups in total. The van der Waals surface area contributed by atoms with E-state index in [-0.39, 0.29) is 5.56 Å². The molecule has 0 spiro atoms. The summed E-state index contributed by atoms with van der Waals surface area (Å²) in [6.45, 7) is 3.95. The first-order valence-electron chi connectivity index (χ1n) is 6.74. The Labute approximate surface area is 127 Å². The number of carbonyl (C=O) groups is 1. The van der Waals surface area contributed by atoms with Crippen molar-refractivity contribution in [3.05, 3.63) is 47.3 Å². The van der Waals surface area contributed by atoms with Gasteiger partial charge < -0.3 is 9.84 Å². The van der Waals surface area contributed by atoms with Crippen LogP contribution >= 0.6 is 0 Å². The molecule has 0 aliphatic carbocycles. The van der Waals surface area contributed by atoms with Crippen LogP contribution in [0.1, 0.15) is 21.5 Å². The van der Waals surface area contributed by atoms with E-state index in [0.29, 0.717) is 5.65 Å². The first kappa shape index (κ1) is 14.1. The third kappa shape index (κ3) is 2.28. The zero-order valence-electron chi connectivity index (χ0n) is 12.5. The Bertz CT molecular complexity index is 884. The van der Waals surface area contributed by atoms with Crippen molar-refractivity contribution in [3.8, 4) is 17.0 Å². The smallest absolute Gasteiger partial charge is 0.338 e. The van der Waals surface area contributed by atoms with E-state index in [2.05, 4.69) is 10.1 Å². The summed E-state index contributed by atoms with van der Waals surface area (Å²) < 4.78 is 6.80. The lowest BCUT2D eigenvalue weighted by molar-refractivity contribution is 0.0695. The Kier molecular flexibility index (Phi) is 3.29. The topological polar surface area (TPSA) is 76.7 Å². The van der Waals surface area contributed by atoms with Gasteiger partial charge in [0.15, 0.2) is 5.65 Å². The lowest BCUT2D eigenvalue weighted by Crippen LogP contribution is -2.01. The molecular weight excluding hydrogens is 282 g/mol. The van der Waals surface area contributed by atoms with Crippen molar-refractivity contribution in [3.63, 3.8) is 0 Å². The molecule has 0 atom stereocenters. The third-order valence-corrected chi connectivity index (χ3v) is 3.58. The number of aromatic nitrogens is 3. The van der Waals surface area contributed by atoms with Crippen LogP contribution in [0.3, 0.4) is 0 Å². The van der Waals surface area contributed by atoms with E-state index >= 15 is 0 Å². The second kappa shape index (κ2) is 5.14. The van der Waals surface area contributed by atoms with Crippen molar-refractivity contribution >= 4 is 11.6 Å². The average Bonchev–Trinajstić information content (AvgIpc) is 2.91. The minimum absolute atomic E-state index is 0.102. The molecule has 0 fully saturated rings. The highest BCUT2D eigenvalue weighted by Crippen LogP contribution is 2.29. The molecule has 112 valence electrons. The number of carboxylic acids is 1. The van der Waals surface area contributed by atoms with Gasteiger partial charge in [0.25, 0.3) is 0 Å². The van der Waals surface area contributed by atoms with Crippen molar-refractivity contribution in [2.75, 3.05) is 7.11 Å². The molecule has 0 unspecified atom stereocenters. The van der Waals surface area contributed by atoms with Crippen molar-refractivity contribution in [2.45, 2.75) is 13.8 Å². The van der Waals surface area contributed by atoms with Gasteiger partial charge in [-0.05, 0) is 37.1 Å². The van der Waals surface area contributed by atoms with Gasteiger partial charge in [-0.1, -0.05) is 0 Å². The molecule has 0 amide bonds. The number of fused-ring (bicyclic) bond motifs is 1. The fourth-order valence-corrected chi connectivity index (χ4v) is 2.40. The maximum Gasteiger partial charge on any atom is 0.338 e. The lowest BCUT2D eigenvalue weighted by Gasteiger charge is -2.09. The monoisotopic (exact) mass is 297 g/mol. The summed E-state index contributed by atoms with van der Waals surface area (Å²) >= 11 is 0. The summed E-state index contributed by atoms with van der Waals surface area (Å²) in [5.41, 5.74) is 4.47. The van der Waals surface area contributed by atoms with Crippen LogP contribution in [0.2, 0.25) is 0 Å². The SMILES string of the molecule is COc1cc(C)c(-c2cc3ncc(C(=O)O)cn3n2)cc1C. The highest BCUT2D eigenvalue weighted by molar-refractivity contribution is 5.87. The van der Waals surface area contributed by atoms with E-state index in [9.17, 15) is 4.79 Å². The fourth-order valence-electron chi connectivity index (χ4n) is 2.40. The summed E-state index contributed by atoms with van der Waals surface area (Å²) in [6.07, 6.45) is 2.79. The van der Waals surface area contributed by atoms with E-state index in [0.717, 1.165) is 28.1 Å². The van der Waals surface area contributed by atoms with Crippen LogP contribution in [-0.2, 0) is 0 Å². The van der Waals surface area contributed by atoms with Gasteiger partial charge in [0.1, 0.15) is 5.75 Å². The Hall–Kier alpha value is -2.89. The van der Waals surface area contributed by atoms with E-state index in [1.807, 2.05) is 32.0 Å². The van der Waals surface area contributed by atoms with E-state index in [4.69, 9.17) is 9.84 Å². The van der Waals surface area contributed by atoms with E-state index in [1.54, 1.807) is 7.11 Å². The van der Waals surface area contributed by atoms with Gasteiger partial charge in [-0.25, -0.2) is 14.3 Å². The normalized spacial score (nSPS) is 10.9. The molecule has 0 saturated heterocycles. The highest BCUT2D eigenvalue weighted by atomic mass is 16.5. The molecule has 2 heterocycles. The molecule has 6 heteroatoms. The van der Waals surface area contributed by atoms with Crippen LogP contribution in [0.5, 0.6) is 5.75 Å². The van der Waals surface area contributed by atoms with Crippen LogP contribution in [0.15, 0.2) is 30.6 Å². The average molecular weight is 297 g/mol. The zero-order chi connectivity index (χ0) is 15.9. The molecule has 1 aromatic carbocycles. The molecule has 0 aliphatic heterocycles. The van der Waals surface area contributed by atoms with Crippen LogP contribution in [0.4, 0.5) is 0 Å². The summed E-state index contributed by atoms with van der Waals surface area (Å²) in [5.74, 6) is -0.195. The predicted octanol–water partition coefficient (Wildman–Crippen LogP) is 2.72. The number of benzene rings is 1. The summed E-state index contributed by atoms with van der Waals surface area (Å²) in [7, 11) is 1.64. The van der Waals surface area contributed by atoms with Crippen LogP contribution < -0.4 is 4.74 Å². The maximum absolute atomic E-state index is 11.0. The van der Waals surface area contributed by atoms with Crippen LogP contribution in [0.25, 0.3) is 16.9 Å². The van der Waals surface area contributed by atoms with Gasteiger partial charge in [-0.2, -0.15) is 5.10 Å². The predicted molar refractivity (Wildman–Crippen MR) is 81.4 cm³/mol. The molecular formula is C16H15N3O3. The van der Waals surface area contributed by atoms with Crippen LogP contribution in [-0.4, -0.2) is 32.8 Å². The van der Waals surface area contributed by atoms with Crippen LogP contribution in [0, 0.1) is 13.8 Å². The largest absolute Gasteiger partial charge is 0.496 e. The summed E-state index contributed by atoms with van der Waals surface area (Å²) in [6, 6.07) is 5.80. The Morgan fingerprint density at radius 3 is 2.68 bits per heavy atom. The first-order chi connectivity index (χ1) is 10.5. The number of hydrogen-bond donors (Lipinski definition) is 1. The van der Waals surface area contributed by atoms with Crippen molar-refractivity contribution in [2.24, 2.45) is 0 Å². The van der Waals surface area contributed by atoms with Gasteiger partial charge in [0.2, 0.25) is 0 Å². The Morgan fingerprint density at radius 1 is 1.23 bits per heavy atom. The molecule has 0 bridgehead atoms. The second-order valence-electron chi connectivity index (χ2n) is 5.12. The molecule has 0 radical (unpaired) electrons. The van der Waals surface area contributed by atoms with Gasteiger partial charge in [0, 0.05) is 24.0 Å². The van der Waals surface area contributed by atoms with Gasteiger partial charge in [-0.3, -0.25) is 0 Å². The van der Waals surface area contributed by atoms with Gasteiger partial charge in [0.05, 0.1) is 18.4 Å². The first-order valence-corrected chi connectivity index (χ1v) is 6.74. The number of methoxy groups -OCH3 is 1. The minimum Gasteiger partial charge on any atom is -0.496 e. The molecule has 22 heavy (non-hydrogen) atoms. The molecule has 2 aromatic heterocycles.